The molecule has 2 amide bonds. The monoisotopic (exact) mass is 364 g/mol. The van der Waals surface area contributed by atoms with Crippen molar-refractivity contribution in [3.8, 4) is 0 Å². The summed E-state index contributed by atoms with van der Waals surface area (Å²) in [5.74, 6) is 1.25. The molecule has 2 aliphatic carbocycles. The summed E-state index contributed by atoms with van der Waals surface area (Å²) in [5, 5.41) is 3.29. The molecule has 5 nitrogen and oxygen atoms in total. The number of hydrogen-bond donors (Lipinski definition) is 1. The van der Waals surface area contributed by atoms with Crippen LogP contribution in [0.2, 0.25) is 0 Å². The Morgan fingerprint density at radius 2 is 1.88 bits per heavy atom. The van der Waals surface area contributed by atoms with E-state index in [1.54, 1.807) is 0 Å². The lowest BCUT2D eigenvalue weighted by molar-refractivity contribution is -0.140. The van der Waals surface area contributed by atoms with E-state index in [2.05, 4.69) is 19.2 Å². The highest BCUT2D eigenvalue weighted by Gasteiger charge is 2.50. The molecule has 0 bridgehead atoms. The molecule has 26 heavy (non-hydrogen) atoms. The first-order valence-corrected chi connectivity index (χ1v) is 10.7. The van der Waals surface area contributed by atoms with Gasteiger partial charge in [-0.15, -0.1) is 0 Å². The van der Waals surface area contributed by atoms with Gasteiger partial charge in [-0.3, -0.25) is 9.59 Å². The number of nitrogens with zero attached hydrogens (tertiary/aromatic N) is 1. The van der Waals surface area contributed by atoms with Crippen molar-refractivity contribution in [2.24, 2.45) is 17.8 Å². The smallest absolute Gasteiger partial charge is 0.224 e. The normalized spacial score (nSPS) is 30.7. The van der Waals surface area contributed by atoms with Gasteiger partial charge in [0.1, 0.15) is 0 Å². The lowest BCUT2D eigenvalue weighted by atomic mass is 9.81. The van der Waals surface area contributed by atoms with Crippen LogP contribution in [0.1, 0.15) is 71.6 Å². The van der Waals surface area contributed by atoms with E-state index >= 15 is 0 Å². The first-order chi connectivity index (χ1) is 12.5. The number of ether oxygens (including phenoxy) is 1. The van der Waals surface area contributed by atoms with Crippen LogP contribution < -0.4 is 5.32 Å². The lowest BCUT2D eigenvalue weighted by Crippen LogP contribution is -2.45. The number of amides is 2. The third-order valence-electron chi connectivity index (χ3n) is 6.81. The third-order valence-corrected chi connectivity index (χ3v) is 6.81. The number of nitrogens with one attached hydrogen (secondary N) is 1. The Kier molecular flexibility index (Phi) is 6.60. The molecule has 2 saturated carbocycles. The molecule has 5 heteroatoms. The Bertz CT molecular complexity index is 497. The average molecular weight is 365 g/mol. The van der Waals surface area contributed by atoms with E-state index in [4.69, 9.17) is 4.74 Å². The van der Waals surface area contributed by atoms with Crippen molar-refractivity contribution in [1.82, 2.24) is 10.2 Å². The minimum atomic E-state index is -0.177. The van der Waals surface area contributed by atoms with Crippen LogP contribution in [-0.2, 0) is 14.3 Å². The standard InChI is InChI=1S/C21H36N2O3/c1-3-18-15-21(18,2)22-20(25)17(13-16-7-5-4-6-8-16)14-19(24)23-9-11-26-12-10-23/h16-18H,3-15H2,1-2H3,(H,22,25)/t17-,18?,21+/m1/s1. The van der Waals surface area contributed by atoms with Crippen molar-refractivity contribution in [3.05, 3.63) is 0 Å². The van der Waals surface area contributed by atoms with Gasteiger partial charge in [0.2, 0.25) is 11.8 Å². The maximum absolute atomic E-state index is 13.0. The Morgan fingerprint density at radius 3 is 2.50 bits per heavy atom. The summed E-state index contributed by atoms with van der Waals surface area (Å²) in [4.78, 5) is 27.7. The van der Waals surface area contributed by atoms with Gasteiger partial charge < -0.3 is 15.0 Å². The summed E-state index contributed by atoms with van der Waals surface area (Å²) in [6.45, 7) is 6.88. The van der Waals surface area contributed by atoms with Crippen molar-refractivity contribution in [2.45, 2.75) is 77.2 Å². The highest BCUT2D eigenvalue weighted by Crippen LogP contribution is 2.45. The van der Waals surface area contributed by atoms with Crippen LogP contribution in [0.4, 0.5) is 0 Å². The number of morpholine rings is 1. The van der Waals surface area contributed by atoms with E-state index in [1.807, 2.05) is 4.90 Å². The zero-order valence-corrected chi connectivity index (χ0v) is 16.6. The van der Waals surface area contributed by atoms with Crippen molar-refractivity contribution in [3.63, 3.8) is 0 Å². The van der Waals surface area contributed by atoms with Crippen LogP contribution in [0.25, 0.3) is 0 Å². The molecule has 1 heterocycles. The van der Waals surface area contributed by atoms with Crippen LogP contribution >= 0.6 is 0 Å². The molecule has 3 atom stereocenters. The molecular formula is C21H36N2O3. The molecule has 0 aromatic carbocycles. The zero-order chi connectivity index (χ0) is 18.6. The maximum Gasteiger partial charge on any atom is 0.224 e. The summed E-state index contributed by atoms with van der Waals surface area (Å²) in [6, 6.07) is 0. The van der Waals surface area contributed by atoms with Gasteiger partial charge in [0, 0.05) is 31.0 Å². The van der Waals surface area contributed by atoms with Crippen LogP contribution in [0.5, 0.6) is 0 Å². The largest absolute Gasteiger partial charge is 0.378 e. The van der Waals surface area contributed by atoms with Gasteiger partial charge in [0.25, 0.3) is 0 Å². The molecule has 3 rings (SSSR count). The molecule has 0 spiro atoms. The fourth-order valence-electron chi connectivity index (χ4n) is 4.85. The van der Waals surface area contributed by atoms with E-state index in [0.29, 0.717) is 44.6 Å². The van der Waals surface area contributed by atoms with Crippen molar-refractivity contribution in [1.29, 1.82) is 0 Å². The molecule has 1 N–H and O–H groups in total. The SMILES string of the molecule is CCC1C[C@]1(C)NC(=O)[C@@H](CC(=O)N1CCOCC1)CC1CCCCC1. The van der Waals surface area contributed by atoms with Gasteiger partial charge in [-0.1, -0.05) is 45.4 Å². The second-order valence-corrected chi connectivity index (χ2v) is 8.85. The minimum Gasteiger partial charge on any atom is -0.378 e. The Labute approximate surface area is 158 Å². The number of carbonyl (C=O) groups is 2. The highest BCUT2D eigenvalue weighted by atomic mass is 16.5. The Hall–Kier alpha value is -1.10. The molecule has 3 fully saturated rings. The van der Waals surface area contributed by atoms with Crippen LogP contribution in [0.3, 0.4) is 0 Å². The lowest BCUT2D eigenvalue weighted by Gasteiger charge is -2.30. The first-order valence-electron chi connectivity index (χ1n) is 10.7. The summed E-state index contributed by atoms with van der Waals surface area (Å²) < 4.78 is 5.35. The number of hydrogen-bond acceptors (Lipinski definition) is 3. The van der Waals surface area contributed by atoms with Gasteiger partial charge in [-0.05, 0) is 31.6 Å². The molecule has 1 saturated heterocycles. The number of rotatable bonds is 7. The van der Waals surface area contributed by atoms with E-state index in [0.717, 1.165) is 19.3 Å². The Balaban J connectivity index is 1.60. The van der Waals surface area contributed by atoms with Gasteiger partial charge in [0.15, 0.2) is 0 Å². The topological polar surface area (TPSA) is 58.6 Å². The Morgan fingerprint density at radius 1 is 1.19 bits per heavy atom. The highest BCUT2D eigenvalue weighted by molar-refractivity contribution is 5.86. The molecular weight excluding hydrogens is 328 g/mol. The molecule has 3 aliphatic rings. The molecule has 148 valence electrons. The van der Waals surface area contributed by atoms with Gasteiger partial charge in [0.05, 0.1) is 13.2 Å². The molecule has 0 radical (unpaired) electrons. The van der Waals surface area contributed by atoms with Gasteiger partial charge in [-0.2, -0.15) is 0 Å². The quantitative estimate of drug-likeness (QED) is 0.755. The predicted octanol–water partition coefficient (Wildman–Crippen LogP) is 3.13. The summed E-state index contributed by atoms with van der Waals surface area (Å²) in [6.07, 6.45) is 9.69. The molecule has 1 unspecified atom stereocenters. The summed E-state index contributed by atoms with van der Waals surface area (Å²) in [5.41, 5.74) is -0.0430. The summed E-state index contributed by atoms with van der Waals surface area (Å²) in [7, 11) is 0. The fraction of sp³-hybridized carbons (Fsp3) is 0.905. The van der Waals surface area contributed by atoms with Gasteiger partial charge >= 0.3 is 0 Å². The van der Waals surface area contributed by atoms with Crippen molar-refractivity contribution in [2.75, 3.05) is 26.3 Å². The zero-order valence-electron chi connectivity index (χ0n) is 16.6. The molecule has 0 aromatic heterocycles. The second-order valence-electron chi connectivity index (χ2n) is 8.85. The first kappa shape index (κ1) is 19.7. The molecule has 1 aliphatic heterocycles. The van der Waals surface area contributed by atoms with Crippen LogP contribution in [0.15, 0.2) is 0 Å². The number of carbonyl (C=O) groups excluding carboxylic acids is 2. The summed E-state index contributed by atoms with van der Waals surface area (Å²) >= 11 is 0. The van der Waals surface area contributed by atoms with E-state index in [9.17, 15) is 9.59 Å². The van der Waals surface area contributed by atoms with Gasteiger partial charge in [-0.25, -0.2) is 0 Å². The van der Waals surface area contributed by atoms with Crippen molar-refractivity contribution >= 4 is 11.8 Å². The van der Waals surface area contributed by atoms with Crippen molar-refractivity contribution < 1.29 is 14.3 Å². The third kappa shape index (κ3) is 4.99. The second kappa shape index (κ2) is 8.73. The van der Waals surface area contributed by atoms with E-state index in [-0.39, 0.29) is 23.3 Å². The average Bonchev–Trinajstić information content (AvgIpc) is 3.32. The fourth-order valence-corrected chi connectivity index (χ4v) is 4.85. The van der Waals surface area contributed by atoms with Crippen LogP contribution in [-0.4, -0.2) is 48.6 Å². The predicted molar refractivity (Wildman–Crippen MR) is 102 cm³/mol. The molecule has 0 aromatic rings. The van der Waals surface area contributed by atoms with Crippen LogP contribution in [0, 0.1) is 17.8 Å². The maximum atomic E-state index is 13.0. The van der Waals surface area contributed by atoms with E-state index in [1.165, 1.54) is 32.1 Å². The van der Waals surface area contributed by atoms with E-state index < -0.39 is 0 Å². The minimum absolute atomic E-state index is 0.0430.